The molecule has 3 nitrogen and oxygen atoms in total. The third kappa shape index (κ3) is 1.98. The van der Waals surface area contributed by atoms with E-state index in [2.05, 4.69) is 31.3 Å². The van der Waals surface area contributed by atoms with Crippen molar-refractivity contribution in [2.75, 3.05) is 20.4 Å². The Labute approximate surface area is 90.4 Å². The number of rotatable bonds is 2. The van der Waals surface area contributed by atoms with Crippen molar-refractivity contribution in [2.24, 2.45) is 0 Å². The molecule has 0 saturated carbocycles. The first-order chi connectivity index (χ1) is 7.22. The Morgan fingerprint density at radius 3 is 2.80 bits per heavy atom. The number of nitrogens with one attached hydrogen (secondary N) is 1. The minimum absolute atomic E-state index is 0.126. The second-order valence-corrected chi connectivity index (χ2v) is 3.95. The van der Waals surface area contributed by atoms with Crippen molar-refractivity contribution in [1.82, 2.24) is 5.32 Å². The van der Waals surface area contributed by atoms with E-state index in [-0.39, 0.29) is 6.10 Å². The van der Waals surface area contributed by atoms with Crippen LogP contribution in [0.25, 0.3) is 0 Å². The van der Waals surface area contributed by atoms with E-state index in [0.29, 0.717) is 6.73 Å². The quantitative estimate of drug-likeness (QED) is 0.803. The van der Waals surface area contributed by atoms with Gasteiger partial charge in [-0.25, -0.2) is 0 Å². The highest BCUT2D eigenvalue weighted by molar-refractivity contribution is 5.44. The molecular weight excluding hydrogens is 190 g/mol. The summed E-state index contributed by atoms with van der Waals surface area (Å²) in [6.07, 6.45) is 0.126. The summed E-state index contributed by atoms with van der Waals surface area (Å²) in [6, 6.07) is 4.23. The molecule has 0 bridgehead atoms. The van der Waals surface area contributed by atoms with Gasteiger partial charge in [0.15, 0.2) is 0 Å². The average Bonchev–Trinajstić information content (AvgIpc) is 2.69. The van der Waals surface area contributed by atoms with Crippen LogP contribution >= 0.6 is 0 Å². The van der Waals surface area contributed by atoms with Crippen LogP contribution in [0, 0.1) is 13.8 Å². The Bertz CT molecular complexity index is 357. The van der Waals surface area contributed by atoms with Crippen LogP contribution in [0.3, 0.4) is 0 Å². The van der Waals surface area contributed by atoms with Gasteiger partial charge in [-0.1, -0.05) is 6.07 Å². The van der Waals surface area contributed by atoms with Gasteiger partial charge in [-0.15, -0.1) is 0 Å². The van der Waals surface area contributed by atoms with Gasteiger partial charge in [0.2, 0.25) is 0 Å². The SMILES string of the molecule is COc1cc(C)cc(C)c1C1CNCO1. The fourth-order valence-electron chi connectivity index (χ4n) is 2.12. The molecule has 1 fully saturated rings. The van der Waals surface area contributed by atoms with E-state index in [0.717, 1.165) is 12.3 Å². The molecule has 1 N–H and O–H groups in total. The highest BCUT2D eigenvalue weighted by atomic mass is 16.5. The average molecular weight is 207 g/mol. The van der Waals surface area contributed by atoms with Crippen LogP contribution in [0.2, 0.25) is 0 Å². The summed E-state index contributed by atoms with van der Waals surface area (Å²) in [5.41, 5.74) is 3.63. The second kappa shape index (κ2) is 4.21. The van der Waals surface area contributed by atoms with Gasteiger partial charge in [0.1, 0.15) is 11.9 Å². The molecule has 1 aliphatic heterocycles. The minimum Gasteiger partial charge on any atom is -0.496 e. The van der Waals surface area contributed by atoms with Gasteiger partial charge in [0.25, 0.3) is 0 Å². The summed E-state index contributed by atoms with van der Waals surface area (Å²) in [4.78, 5) is 0. The zero-order chi connectivity index (χ0) is 10.8. The molecule has 0 aromatic heterocycles. The molecular formula is C12H17NO2. The molecule has 1 aromatic carbocycles. The van der Waals surface area contributed by atoms with Crippen molar-refractivity contribution in [1.29, 1.82) is 0 Å². The van der Waals surface area contributed by atoms with Crippen molar-refractivity contribution in [3.63, 3.8) is 0 Å². The number of methoxy groups -OCH3 is 1. The van der Waals surface area contributed by atoms with E-state index < -0.39 is 0 Å². The topological polar surface area (TPSA) is 30.5 Å². The van der Waals surface area contributed by atoms with Crippen molar-refractivity contribution >= 4 is 0 Å². The van der Waals surface area contributed by atoms with Crippen LogP contribution in [0.5, 0.6) is 5.75 Å². The lowest BCUT2D eigenvalue weighted by molar-refractivity contribution is 0.111. The minimum atomic E-state index is 0.126. The zero-order valence-electron chi connectivity index (χ0n) is 9.46. The lowest BCUT2D eigenvalue weighted by Crippen LogP contribution is -2.10. The molecule has 15 heavy (non-hydrogen) atoms. The number of ether oxygens (including phenoxy) is 2. The Morgan fingerprint density at radius 1 is 1.40 bits per heavy atom. The summed E-state index contributed by atoms with van der Waals surface area (Å²) in [5.74, 6) is 0.932. The van der Waals surface area contributed by atoms with Crippen LogP contribution in [0.15, 0.2) is 12.1 Å². The summed E-state index contributed by atoms with van der Waals surface area (Å²) in [7, 11) is 1.71. The summed E-state index contributed by atoms with van der Waals surface area (Å²) < 4.78 is 11.0. The van der Waals surface area contributed by atoms with Gasteiger partial charge < -0.3 is 9.47 Å². The lowest BCUT2D eigenvalue weighted by Gasteiger charge is -2.17. The first kappa shape index (κ1) is 10.5. The number of benzene rings is 1. The van der Waals surface area contributed by atoms with Crippen LogP contribution in [0.4, 0.5) is 0 Å². The van der Waals surface area contributed by atoms with E-state index in [4.69, 9.17) is 9.47 Å². The lowest BCUT2D eigenvalue weighted by atomic mass is 10.00. The monoisotopic (exact) mass is 207 g/mol. The summed E-state index contributed by atoms with van der Waals surface area (Å²) in [5, 5.41) is 3.19. The predicted octanol–water partition coefficient (Wildman–Crippen LogP) is 1.93. The van der Waals surface area contributed by atoms with E-state index in [9.17, 15) is 0 Å². The Morgan fingerprint density at radius 2 is 2.20 bits per heavy atom. The zero-order valence-corrected chi connectivity index (χ0v) is 9.46. The van der Waals surface area contributed by atoms with Gasteiger partial charge >= 0.3 is 0 Å². The molecule has 82 valence electrons. The van der Waals surface area contributed by atoms with Crippen molar-refractivity contribution in [3.8, 4) is 5.75 Å². The first-order valence-electron chi connectivity index (χ1n) is 5.20. The van der Waals surface area contributed by atoms with Gasteiger partial charge in [-0.3, -0.25) is 5.32 Å². The number of aryl methyl sites for hydroxylation is 2. The van der Waals surface area contributed by atoms with Crippen LogP contribution < -0.4 is 10.1 Å². The van der Waals surface area contributed by atoms with Gasteiger partial charge in [-0.05, 0) is 31.0 Å². The standard InChI is InChI=1S/C12H17NO2/c1-8-4-9(2)12(10(5-8)14-3)11-6-13-7-15-11/h4-5,11,13H,6-7H2,1-3H3. The largest absolute Gasteiger partial charge is 0.496 e. The molecule has 0 aliphatic carbocycles. The van der Waals surface area contributed by atoms with E-state index in [1.165, 1.54) is 16.7 Å². The second-order valence-electron chi connectivity index (χ2n) is 3.95. The van der Waals surface area contributed by atoms with Crippen molar-refractivity contribution in [3.05, 3.63) is 28.8 Å². The first-order valence-corrected chi connectivity index (χ1v) is 5.20. The molecule has 1 heterocycles. The molecule has 3 heteroatoms. The van der Waals surface area contributed by atoms with Gasteiger partial charge in [0, 0.05) is 12.1 Å². The normalized spacial score (nSPS) is 20.6. The van der Waals surface area contributed by atoms with E-state index in [1.54, 1.807) is 7.11 Å². The molecule has 1 saturated heterocycles. The van der Waals surface area contributed by atoms with Crippen molar-refractivity contribution in [2.45, 2.75) is 20.0 Å². The molecule has 0 radical (unpaired) electrons. The van der Waals surface area contributed by atoms with Gasteiger partial charge in [0.05, 0.1) is 13.8 Å². The predicted molar refractivity (Wildman–Crippen MR) is 59.2 cm³/mol. The summed E-state index contributed by atoms with van der Waals surface area (Å²) >= 11 is 0. The molecule has 0 amide bonds. The molecule has 1 aromatic rings. The maximum absolute atomic E-state index is 5.61. The van der Waals surface area contributed by atoms with Gasteiger partial charge in [-0.2, -0.15) is 0 Å². The maximum atomic E-state index is 5.61. The van der Waals surface area contributed by atoms with Crippen molar-refractivity contribution < 1.29 is 9.47 Å². The maximum Gasteiger partial charge on any atom is 0.125 e. The third-order valence-corrected chi connectivity index (χ3v) is 2.75. The molecule has 1 atom stereocenters. The van der Waals surface area contributed by atoms with Crippen LogP contribution in [-0.4, -0.2) is 20.4 Å². The molecule has 0 spiro atoms. The van der Waals surface area contributed by atoms with E-state index in [1.807, 2.05) is 0 Å². The summed E-state index contributed by atoms with van der Waals surface area (Å²) in [6.45, 7) is 5.67. The smallest absolute Gasteiger partial charge is 0.125 e. The Kier molecular flexibility index (Phi) is 2.93. The fourth-order valence-corrected chi connectivity index (χ4v) is 2.12. The fraction of sp³-hybridized carbons (Fsp3) is 0.500. The Balaban J connectivity index is 2.43. The number of hydrogen-bond donors (Lipinski definition) is 1. The Hall–Kier alpha value is -1.06. The highest BCUT2D eigenvalue weighted by Crippen LogP contribution is 2.32. The van der Waals surface area contributed by atoms with Crippen LogP contribution in [0.1, 0.15) is 22.8 Å². The number of hydrogen-bond acceptors (Lipinski definition) is 3. The third-order valence-electron chi connectivity index (χ3n) is 2.75. The molecule has 1 aliphatic rings. The molecule has 2 rings (SSSR count). The van der Waals surface area contributed by atoms with E-state index >= 15 is 0 Å². The molecule has 1 unspecified atom stereocenters. The van der Waals surface area contributed by atoms with Crippen LogP contribution in [-0.2, 0) is 4.74 Å². The highest BCUT2D eigenvalue weighted by Gasteiger charge is 2.22.